The number of halogens is 1. The van der Waals surface area contributed by atoms with E-state index in [0.717, 1.165) is 19.3 Å². The van der Waals surface area contributed by atoms with Gasteiger partial charge in [-0.25, -0.2) is 9.97 Å². The molecule has 1 aliphatic heterocycles. The Morgan fingerprint density at radius 1 is 1.39 bits per heavy atom. The van der Waals surface area contributed by atoms with Crippen LogP contribution in [0.1, 0.15) is 35.2 Å². The number of carbonyl (C=O) groups is 1. The molecule has 144 valence electrons. The van der Waals surface area contributed by atoms with Crippen molar-refractivity contribution >= 4 is 17.5 Å². The fourth-order valence-electron chi connectivity index (χ4n) is 3.79. The Bertz CT molecular complexity index is 961. The van der Waals surface area contributed by atoms with Crippen LogP contribution in [0, 0.1) is 16.7 Å². The molecular formula is C20H19ClN4O3. The molecule has 1 amide bonds. The van der Waals surface area contributed by atoms with Crippen LogP contribution in [0.4, 0.5) is 0 Å². The minimum Gasteiger partial charge on any atom is -0.481 e. The molecule has 0 N–H and O–H groups in total. The first kappa shape index (κ1) is 18.5. The molecule has 0 bridgehead atoms. The summed E-state index contributed by atoms with van der Waals surface area (Å²) in [6.45, 7) is 1.29. The summed E-state index contributed by atoms with van der Waals surface area (Å²) in [5, 5.41) is 9.16. The van der Waals surface area contributed by atoms with Crippen LogP contribution in [0.25, 0.3) is 0 Å². The molecule has 0 radical (unpaired) electrons. The minimum atomic E-state index is -0.130. The summed E-state index contributed by atoms with van der Waals surface area (Å²) in [6.07, 6.45) is 4.32. The predicted molar refractivity (Wildman–Crippen MR) is 101 cm³/mol. The number of carbonyl (C=O) groups excluding carboxylic acids is 1. The summed E-state index contributed by atoms with van der Waals surface area (Å²) in [5.41, 5.74) is 0.827. The summed E-state index contributed by atoms with van der Waals surface area (Å²) < 4.78 is 11.0. The number of nitriles is 1. The van der Waals surface area contributed by atoms with Crippen molar-refractivity contribution in [2.45, 2.75) is 25.4 Å². The van der Waals surface area contributed by atoms with Crippen molar-refractivity contribution < 1.29 is 14.3 Å². The monoisotopic (exact) mass is 398 g/mol. The van der Waals surface area contributed by atoms with Gasteiger partial charge in [-0.05, 0) is 31.4 Å². The van der Waals surface area contributed by atoms with E-state index in [4.69, 9.17) is 26.3 Å². The lowest BCUT2D eigenvalue weighted by molar-refractivity contribution is 0.0611. The average Bonchev–Trinajstić information content (AvgIpc) is 3.37. The summed E-state index contributed by atoms with van der Waals surface area (Å²) >= 11 is 6.18. The quantitative estimate of drug-likeness (QED) is 0.735. The molecule has 8 heteroatoms. The van der Waals surface area contributed by atoms with Crippen LogP contribution >= 0.6 is 11.6 Å². The van der Waals surface area contributed by atoms with Crippen LogP contribution in [-0.2, 0) is 0 Å². The fraction of sp³-hybridized carbons (Fsp3) is 0.400. The third kappa shape index (κ3) is 3.48. The molecule has 1 saturated heterocycles. The van der Waals surface area contributed by atoms with Crippen LogP contribution in [0.3, 0.4) is 0 Å². The van der Waals surface area contributed by atoms with E-state index in [0.29, 0.717) is 36.0 Å². The second-order valence-electron chi connectivity index (χ2n) is 7.19. The number of likely N-dealkylation sites (tertiary alicyclic amines) is 1. The van der Waals surface area contributed by atoms with Gasteiger partial charge in [-0.2, -0.15) is 5.26 Å². The van der Waals surface area contributed by atoms with E-state index in [9.17, 15) is 4.79 Å². The number of hydrogen-bond donors (Lipinski definition) is 0. The van der Waals surface area contributed by atoms with Gasteiger partial charge in [0.15, 0.2) is 0 Å². The molecule has 1 saturated carbocycles. The number of amides is 1. The van der Waals surface area contributed by atoms with Crippen LogP contribution < -0.4 is 9.47 Å². The van der Waals surface area contributed by atoms with Gasteiger partial charge in [0.2, 0.25) is 11.8 Å². The van der Waals surface area contributed by atoms with Gasteiger partial charge in [0.25, 0.3) is 5.91 Å². The number of ether oxygens (including phenoxy) is 2. The molecule has 2 atom stereocenters. The molecule has 1 unspecified atom stereocenters. The molecular weight excluding hydrogens is 380 g/mol. The fourth-order valence-corrected chi connectivity index (χ4v) is 4.02. The summed E-state index contributed by atoms with van der Waals surface area (Å²) in [5.74, 6) is 0.695. The first-order chi connectivity index (χ1) is 13.5. The zero-order valence-corrected chi connectivity index (χ0v) is 16.1. The van der Waals surface area contributed by atoms with Gasteiger partial charge in [-0.1, -0.05) is 11.6 Å². The van der Waals surface area contributed by atoms with E-state index in [2.05, 4.69) is 16.0 Å². The van der Waals surface area contributed by atoms with E-state index < -0.39 is 0 Å². The van der Waals surface area contributed by atoms with E-state index >= 15 is 0 Å². The highest BCUT2D eigenvalue weighted by molar-refractivity contribution is 6.32. The predicted octanol–water partition coefficient (Wildman–Crippen LogP) is 3.08. The molecule has 28 heavy (non-hydrogen) atoms. The minimum absolute atomic E-state index is 0.00555. The Labute approximate surface area is 167 Å². The number of methoxy groups -OCH3 is 1. The molecule has 2 aliphatic rings. The maximum Gasteiger partial charge on any atom is 0.257 e. The Hall–Kier alpha value is -2.85. The van der Waals surface area contributed by atoms with Crippen molar-refractivity contribution in [1.82, 2.24) is 14.9 Å². The van der Waals surface area contributed by atoms with Gasteiger partial charge >= 0.3 is 0 Å². The zero-order valence-electron chi connectivity index (χ0n) is 15.4. The van der Waals surface area contributed by atoms with Crippen LogP contribution in [0.2, 0.25) is 5.15 Å². The normalized spacial score (nSPS) is 23.2. The van der Waals surface area contributed by atoms with Crippen molar-refractivity contribution in [3.05, 3.63) is 46.7 Å². The number of piperidine rings is 1. The summed E-state index contributed by atoms with van der Waals surface area (Å²) in [6, 6.07) is 8.65. The number of nitrogens with zero attached hydrogens (tertiary/aromatic N) is 4. The van der Waals surface area contributed by atoms with E-state index in [1.165, 1.54) is 7.11 Å². The lowest BCUT2D eigenvalue weighted by Crippen LogP contribution is -2.42. The largest absolute Gasteiger partial charge is 0.481 e. The highest BCUT2D eigenvalue weighted by Gasteiger charge is 2.58. The van der Waals surface area contributed by atoms with E-state index in [1.807, 2.05) is 4.90 Å². The van der Waals surface area contributed by atoms with Crippen molar-refractivity contribution in [2.24, 2.45) is 5.41 Å². The highest BCUT2D eigenvalue weighted by atomic mass is 35.5. The molecule has 3 heterocycles. The Morgan fingerprint density at radius 3 is 3.00 bits per heavy atom. The maximum atomic E-state index is 13.0. The number of aromatic nitrogens is 2. The van der Waals surface area contributed by atoms with Crippen molar-refractivity contribution in [3.63, 3.8) is 0 Å². The second-order valence-corrected chi connectivity index (χ2v) is 7.55. The van der Waals surface area contributed by atoms with Gasteiger partial charge in [0.1, 0.15) is 11.3 Å². The van der Waals surface area contributed by atoms with Crippen molar-refractivity contribution in [2.75, 3.05) is 20.2 Å². The van der Waals surface area contributed by atoms with Gasteiger partial charge in [-0.3, -0.25) is 4.79 Å². The van der Waals surface area contributed by atoms with Crippen molar-refractivity contribution in [3.8, 4) is 17.8 Å². The lowest BCUT2D eigenvalue weighted by atomic mass is 9.94. The van der Waals surface area contributed by atoms with Crippen LogP contribution in [0.5, 0.6) is 11.8 Å². The maximum absolute atomic E-state index is 13.0. The molecule has 2 fully saturated rings. The second kappa shape index (κ2) is 7.28. The molecule has 1 aliphatic carbocycles. The van der Waals surface area contributed by atoms with Gasteiger partial charge < -0.3 is 14.4 Å². The Balaban J connectivity index is 1.45. The first-order valence-corrected chi connectivity index (χ1v) is 9.45. The zero-order chi connectivity index (χ0) is 19.7. The van der Waals surface area contributed by atoms with Gasteiger partial charge in [0, 0.05) is 36.8 Å². The molecule has 4 rings (SSSR count). The average molecular weight is 399 g/mol. The van der Waals surface area contributed by atoms with Crippen LogP contribution in [-0.4, -0.2) is 47.1 Å². The van der Waals surface area contributed by atoms with Gasteiger partial charge in [-0.15, -0.1) is 0 Å². The molecule has 1 spiro atoms. The highest BCUT2D eigenvalue weighted by Crippen LogP contribution is 2.54. The molecule has 2 aromatic rings. The third-order valence-electron chi connectivity index (χ3n) is 5.40. The molecule has 2 aromatic heterocycles. The first-order valence-electron chi connectivity index (χ1n) is 9.07. The molecule has 0 aromatic carbocycles. The topological polar surface area (TPSA) is 88.3 Å². The SMILES string of the molecule is COc1ccc(C(=O)N2CCC[C@]3(CC3Oc3cc(C#N)ccn3)C2)c(Cl)n1. The Kier molecular flexibility index (Phi) is 4.82. The van der Waals surface area contributed by atoms with Crippen LogP contribution in [0.15, 0.2) is 30.5 Å². The third-order valence-corrected chi connectivity index (χ3v) is 5.69. The summed E-state index contributed by atoms with van der Waals surface area (Å²) in [7, 11) is 1.50. The van der Waals surface area contributed by atoms with Gasteiger partial charge in [0.05, 0.1) is 24.3 Å². The summed E-state index contributed by atoms with van der Waals surface area (Å²) in [4.78, 5) is 23.0. The molecule has 7 nitrogen and oxygen atoms in total. The van der Waals surface area contributed by atoms with Crippen molar-refractivity contribution in [1.29, 1.82) is 5.26 Å². The Morgan fingerprint density at radius 2 is 2.25 bits per heavy atom. The standard InChI is InChI=1S/C20H19ClN4O3/c1-27-16-4-3-14(18(21)24-16)19(26)25-8-2-6-20(12-25)10-15(20)28-17-9-13(11-22)5-7-23-17/h3-5,7,9,15H,2,6,8,10,12H2,1H3/t15?,20-/m0/s1. The lowest BCUT2D eigenvalue weighted by Gasteiger charge is -2.33. The number of pyridine rings is 2. The van der Waals surface area contributed by atoms with E-state index in [1.54, 1.807) is 30.5 Å². The number of hydrogen-bond acceptors (Lipinski definition) is 6. The number of rotatable bonds is 4. The van der Waals surface area contributed by atoms with E-state index in [-0.39, 0.29) is 22.6 Å². The smallest absolute Gasteiger partial charge is 0.257 e.